The van der Waals surface area contributed by atoms with Crippen molar-refractivity contribution in [2.45, 2.75) is 33.1 Å². The molecule has 108 valence electrons. The number of unbranched alkanes of at least 4 members (excludes halogenated alkanes) is 1. The summed E-state index contributed by atoms with van der Waals surface area (Å²) in [7, 11) is 0. The van der Waals surface area contributed by atoms with E-state index in [1.54, 1.807) is 0 Å². The van der Waals surface area contributed by atoms with E-state index >= 15 is 0 Å². The highest BCUT2D eigenvalue weighted by Crippen LogP contribution is 2.19. The molecular formula is C17H19N3S. The first kappa shape index (κ1) is 14.0. The van der Waals surface area contributed by atoms with E-state index in [-0.39, 0.29) is 0 Å². The maximum Gasteiger partial charge on any atom is 0.183 e. The lowest BCUT2D eigenvalue weighted by Crippen LogP contribution is -1.97. The van der Waals surface area contributed by atoms with Crippen molar-refractivity contribution in [2.24, 2.45) is 0 Å². The number of aryl methyl sites for hydroxylation is 2. The molecule has 21 heavy (non-hydrogen) atoms. The second-order valence-corrected chi connectivity index (χ2v) is 5.75. The molecule has 1 N–H and O–H groups in total. The zero-order valence-electron chi connectivity index (χ0n) is 12.4. The van der Waals surface area contributed by atoms with Gasteiger partial charge in [0.15, 0.2) is 10.4 Å². The third kappa shape index (κ3) is 2.76. The fourth-order valence-electron chi connectivity index (χ4n) is 2.51. The number of pyridine rings is 1. The van der Waals surface area contributed by atoms with Gasteiger partial charge in [0.1, 0.15) is 0 Å². The Balaban J connectivity index is 2.05. The number of rotatable bonds is 4. The smallest absolute Gasteiger partial charge is 0.183 e. The van der Waals surface area contributed by atoms with Crippen LogP contribution in [-0.4, -0.2) is 14.5 Å². The van der Waals surface area contributed by atoms with Crippen LogP contribution >= 0.6 is 12.2 Å². The molecule has 0 saturated heterocycles. The van der Waals surface area contributed by atoms with Gasteiger partial charge in [-0.15, -0.1) is 0 Å². The van der Waals surface area contributed by atoms with Gasteiger partial charge in [0, 0.05) is 11.4 Å². The first-order chi connectivity index (χ1) is 10.2. The van der Waals surface area contributed by atoms with Gasteiger partial charge >= 0.3 is 0 Å². The lowest BCUT2D eigenvalue weighted by atomic mass is 10.1. The highest BCUT2D eigenvalue weighted by Gasteiger charge is 2.08. The van der Waals surface area contributed by atoms with Gasteiger partial charge in [-0.25, -0.2) is 4.98 Å². The summed E-state index contributed by atoms with van der Waals surface area (Å²) in [4.78, 5) is 7.83. The Hall–Kier alpha value is -1.94. The van der Waals surface area contributed by atoms with Crippen molar-refractivity contribution < 1.29 is 0 Å². The van der Waals surface area contributed by atoms with E-state index in [2.05, 4.69) is 41.2 Å². The van der Waals surface area contributed by atoms with E-state index in [1.165, 1.54) is 18.4 Å². The summed E-state index contributed by atoms with van der Waals surface area (Å²) < 4.78 is 2.69. The molecule has 0 fully saturated rings. The molecule has 3 aromatic rings. The minimum Gasteiger partial charge on any atom is -0.329 e. The Kier molecular flexibility index (Phi) is 3.88. The number of imidazole rings is 1. The standard InChI is InChI=1S/C17H19N3S/c1-3-4-5-13-7-9-14(10-8-13)20-16-15(19-17(20)21)11-6-12(2)18-16/h6-11H,3-5H2,1-2H3,(H,19,21). The monoisotopic (exact) mass is 297 g/mol. The van der Waals surface area contributed by atoms with Crippen molar-refractivity contribution in [2.75, 3.05) is 0 Å². The molecule has 0 aliphatic heterocycles. The Morgan fingerprint density at radius 1 is 1.14 bits per heavy atom. The van der Waals surface area contributed by atoms with Crippen LogP contribution in [0, 0.1) is 11.7 Å². The summed E-state index contributed by atoms with van der Waals surface area (Å²) in [6.07, 6.45) is 3.58. The predicted molar refractivity (Wildman–Crippen MR) is 89.6 cm³/mol. The zero-order chi connectivity index (χ0) is 14.8. The van der Waals surface area contributed by atoms with Gasteiger partial charge in [0.05, 0.1) is 5.52 Å². The fraction of sp³-hybridized carbons (Fsp3) is 0.294. The van der Waals surface area contributed by atoms with Crippen molar-refractivity contribution >= 4 is 23.4 Å². The largest absolute Gasteiger partial charge is 0.329 e. The van der Waals surface area contributed by atoms with Crippen LogP contribution in [0.15, 0.2) is 36.4 Å². The highest BCUT2D eigenvalue weighted by molar-refractivity contribution is 7.71. The normalized spacial score (nSPS) is 11.1. The van der Waals surface area contributed by atoms with Crippen molar-refractivity contribution in [3.63, 3.8) is 0 Å². The zero-order valence-corrected chi connectivity index (χ0v) is 13.2. The van der Waals surface area contributed by atoms with Crippen LogP contribution in [0.1, 0.15) is 31.0 Å². The van der Waals surface area contributed by atoms with Crippen molar-refractivity contribution in [3.05, 3.63) is 52.4 Å². The van der Waals surface area contributed by atoms with Crippen LogP contribution in [0.25, 0.3) is 16.9 Å². The SMILES string of the molecule is CCCCc1ccc(-n2c(=S)[nH]c3ccc(C)nc32)cc1. The van der Waals surface area contributed by atoms with Gasteiger partial charge in [-0.1, -0.05) is 25.5 Å². The third-order valence-electron chi connectivity index (χ3n) is 3.68. The van der Waals surface area contributed by atoms with Gasteiger partial charge in [-0.3, -0.25) is 4.57 Å². The highest BCUT2D eigenvalue weighted by atomic mass is 32.1. The number of aromatic amines is 1. The first-order valence-electron chi connectivity index (χ1n) is 7.36. The molecule has 2 aromatic heterocycles. The van der Waals surface area contributed by atoms with Crippen LogP contribution in [0.5, 0.6) is 0 Å². The second kappa shape index (κ2) is 5.82. The maximum atomic E-state index is 5.45. The third-order valence-corrected chi connectivity index (χ3v) is 3.97. The van der Waals surface area contributed by atoms with Crippen molar-refractivity contribution in [3.8, 4) is 5.69 Å². The van der Waals surface area contributed by atoms with Gasteiger partial charge in [-0.05, 0) is 61.8 Å². The number of fused-ring (bicyclic) bond motifs is 1. The summed E-state index contributed by atoms with van der Waals surface area (Å²) in [6.45, 7) is 4.21. The predicted octanol–water partition coefficient (Wildman–Crippen LogP) is 4.73. The van der Waals surface area contributed by atoms with Gasteiger partial charge in [-0.2, -0.15) is 0 Å². The Labute approximate surface area is 129 Å². The molecule has 0 spiro atoms. The van der Waals surface area contributed by atoms with E-state index in [0.29, 0.717) is 4.77 Å². The van der Waals surface area contributed by atoms with Gasteiger partial charge in [0.2, 0.25) is 0 Å². The molecule has 0 saturated carbocycles. The maximum absolute atomic E-state index is 5.45. The van der Waals surface area contributed by atoms with E-state index in [9.17, 15) is 0 Å². The molecule has 4 heteroatoms. The quantitative estimate of drug-likeness (QED) is 0.706. The van der Waals surface area contributed by atoms with Crippen LogP contribution in [0.2, 0.25) is 0 Å². The number of nitrogens with one attached hydrogen (secondary N) is 1. The second-order valence-electron chi connectivity index (χ2n) is 5.36. The fourth-order valence-corrected chi connectivity index (χ4v) is 2.81. The average molecular weight is 297 g/mol. The number of hydrogen-bond acceptors (Lipinski definition) is 2. The number of nitrogens with zero attached hydrogens (tertiary/aromatic N) is 2. The van der Waals surface area contributed by atoms with E-state index in [1.807, 2.05) is 23.6 Å². The molecule has 0 aliphatic carbocycles. The van der Waals surface area contributed by atoms with Gasteiger partial charge in [0.25, 0.3) is 0 Å². The molecule has 0 aliphatic rings. The molecule has 0 bridgehead atoms. The van der Waals surface area contributed by atoms with Crippen LogP contribution < -0.4 is 0 Å². The molecule has 0 amide bonds. The molecule has 3 rings (SSSR count). The number of benzene rings is 1. The summed E-state index contributed by atoms with van der Waals surface area (Å²) in [5, 5.41) is 0. The van der Waals surface area contributed by atoms with E-state index in [0.717, 1.165) is 29.0 Å². The lowest BCUT2D eigenvalue weighted by Gasteiger charge is -2.06. The number of aromatic nitrogens is 3. The van der Waals surface area contributed by atoms with Crippen molar-refractivity contribution in [1.82, 2.24) is 14.5 Å². The average Bonchev–Trinajstić information content (AvgIpc) is 2.81. The molecule has 0 atom stereocenters. The Morgan fingerprint density at radius 3 is 2.62 bits per heavy atom. The Morgan fingerprint density at radius 2 is 1.90 bits per heavy atom. The van der Waals surface area contributed by atoms with Gasteiger partial charge < -0.3 is 4.98 Å². The molecule has 1 aromatic carbocycles. The molecule has 2 heterocycles. The minimum absolute atomic E-state index is 0.685. The lowest BCUT2D eigenvalue weighted by molar-refractivity contribution is 0.795. The summed E-state index contributed by atoms with van der Waals surface area (Å²) >= 11 is 5.45. The topological polar surface area (TPSA) is 33.6 Å². The molecule has 3 nitrogen and oxygen atoms in total. The molecule has 0 unspecified atom stereocenters. The number of H-pyrrole nitrogens is 1. The van der Waals surface area contributed by atoms with Crippen LogP contribution in [-0.2, 0) is 6.42 Å². The van der Waals surface area contributed by atoms with Crippen LogP contribution in [0.3, 0.4) is 0 Å². The van der Waals surface area contributed by atoms with E-state index < -0.39 is 0 Å². The minimum atomic E-state index is 0.685. The van der Waals surface area contributed by atoms with Crippen LogP contribution in [0.4, 0.5) is 0 Å². The molecular weight excluding hydrogens is 278 g/mol. The van der Waals surface area contributed by atoms with E-state index in [4.69, 9.17) is 12.2 Å². The molecule has 0 radical (unpaired) electrons. The Bertz CT molecular complexity index is 812. The summed E-state index contributed by atoms with van der Waals surface area (Å²) in [6, 6.07) is 12.6. The summed E-state index contributed by atoms with van der Waals surface area (Å²) in [5.41, 5.74) is 5.28. The van der Waals surface area contributed by atoms with Crippen molar-refractivity contribution in [1.29, 1.82) is 0 Å². The number of hydrogen-bond donors (Lipinski definition) is 1. The summed E-state index contributed by atoms with van der Waals surface area (Å²) in [5.74, 6) is 0. The first-order valence-corrected chi connectivity index (χ1v) is 7.77.